The van der Waals surface area contributed by atoms with Gasteiger partial charge in [-0.1, -0.05) is 6.07 Å². The van der Waals surface area contributed by atoms with Crippen LogP contribution < -0.4 is 5.73 Å². The number of anilines is 1. The SMILES string of the molecule is Nc1c(F)cccc1C(=O)N1CCCO1. The molecule has 80 valence electrons. The van der Waals surface area contributed by atoms with E-state index in [0.717, 1.165) is 6.42 Å². The summed E-state index contributed by atoms with van der Waals surface area (Å²) < 4.78 is 13.1. The zero-order valence-electron chi connectivity index (χ0n) is 8.07. The molecule has 4 nitrogen and oxygen atoms in total. The molecule has 0 saturated carbocycles. The van der Waals surface area contributed by atoms with E-state index in [4.69, 9.17) is 10.6 Å². The molecule has 1 aromatic rings. The molecule has 1 aromatic carbocycles. The number of carbonyl (C=O) groups is 1. The molecule has 1 aliphatic rings. The van der Waals surface area contributed by atoms with E-state index >= 15 is 0 Å². The summed E-state index contributed by atoms with van der Waals surface area (Å²) in [7, 11) is 0. The van der Waals surface area contributed by atoms with Crippen LogP contribution in [0.1, 0.15) is 16.8 Å². The molecule has 1 fully saturated rings. The Morgan fingerprint density at radius 1 is 1.53 bits per heavy atom. The third-order valence-corrected chi connectivity index (χ3v) is 2.26. The summed E-state index contributed by atoms with van der Waals surface area (Å²) in [5, 5.41) is 1.21. The lowest BCUT2D eigenvalue weighted by atomic mass is 10.1. The first-order chi connectivity index (χ1) is 7.20. The first kappa shape index (κ1) is 9.92. The lowest BCUT2D eigenvalue weighted by Gasteiger charge is -2.14. The lowest BCUT2D eigenvalue weighted by molar-refractivity contribution is -0.0767. The van der Waals surface area contributed by atoms with Crippen LogP contribution in [0.15, 0.2) is 18.2 Å². The normalized spacial score (nSPS) is 15.7. The van der Waals surface area contributed by atoms with Gasteiger partial charge in [0.1, 0.15) is 5.82 Å². The van der Waals surface area contributed by atoms with Crippen molar-refractivity contribution in [2.45, 2.75) is 6.42 Å². The number of carbonyl (C=O) groups excluding carboxylic acids is 1. The molecule has 0 bridgehead atoms. The fourth-order valence-electron chi connectivity index (χ4n) is 1.47. The van der Waals surface area contributed by atoms with Crippen molar-refractivity contribution < 1.29 is 14.0 Å². The van der Waals surface area contributed by atoms with Gasteiger partial charge in [-0.2, -0.15) is 0 Å². The van der Waals surface area contributed by atoms with Crippen LogP contribution in [0.25, 0.3) is 0 Å². The number of amides is 1. The minimum atomic E-state index is -0.583. The summed E-state index contributed by atoms with van der Waals surface area (Å²) >= 11 is 0. The van der Waals surface area contributed by atoms with E-state index in [1.54, 1.807) is 0 Å². The van der Waals surface area contributed by atoms with Gasteiger partial charge in [0.25, 0.3) is 5.91 Å². The number of nitrogens with two attached hydrogens (primary N) is 1. The summed E-state index contributed by atoms with van der Waals surface area (Å²) in [5.41, 5.74) is 5.50. The van der Waals surface area contributed by atoms with Gasteiger partial charge in [-0.15, -0.1) is 0 Å². The van der Waals surface area contributed by atoms with Gasteiger partial charge < -0.3 is 5.73 Å². The van der Waals surface area contributed by atoms with E-state index < -0.39 is 5.82 Å². The van der Waals surface area contributed by atoms with Gasteiger partial charge in [0.05, 0.1) is 24.4 Å². The Labute approximate surface area is 86.4 Å². The highest BCUT2D eigenvalue weighted by atomic mass is 19.1. The standard InChI is InChI=1S/C10H11FN2O2/c11-8-4-1-3-7(9(8)12)10(14)13-5-2-6-15-13/h1,3-4H,2,5-6,12H2. The topological polar surface area (TPSA) is 55.6 Å². The molecule has 2 rings (SSSR count). The number of hydroxylamine groups is 2. The molecule has 0 unspecified atom stereocenters. The number of hydrogen-bond donors (Lipinski definition) is 1. The fourth-order valence-corrected chi connectivity index (χ4v) is 1.47. The van der Waals surface area contributed by atoms with Gasteiger partial charge in [0.2, 0.25) is 0 Å². The maximum Gasteiger partial charge on any atom is 0.279 e. The van der Waals surface area contributed by atoms with Crippen LogP contribution in [0.4, 0.5) is 10.1 Å². The maximum atomic E-state index is 13.1. The highest BCUT2D eigenvalue weighted by Gasteiger charge is 2.23. The van der Waals surface area contributed by atoms with Gasteiger partial charge >= 0.3 is 0 Å². The molecule has 1 amide bonds. The van der Waals surface area contributed by atoms with E-state index in [1.807, 2.05) is 0 Å². The molecule has 1 aliphatic heterocycles. The van der Waals surface area contributed by atoms with Crippen molar-refractivity contribution in [3.63, 3.8) is 0 Å². The Balaban J connectivity index is 2.28. The molecular weight excluding hydrogens is 199 g/mol. The van der Waals surface area contributed by atoms with Crippen molar-refractivity contribution >= 4 is 11.6 Å². The number of para-hydroxylation sites is 1. The average Bonchev–Trinajstić information content (AvgIpc) is 2.74. The number of nitrogen functional groups attached to an aromatic ring is 1. The summed E-state index contributed by atoms with van der Waals surface area (Å²) in [4.78, 5) is 16.8. The smallest absolute Gasteiger partial charge is 0.279 e. The molecule has 0 aliphatic carbocycles. The largest absolute Gasteiger partial charge is 0.396 e. The Morgan fingerprint density at radius 2 is 2.33 bits per heavy atom. The molecule has 5 heteroatoms. The molecule has 0 radical (unpaired) electrons. The zero-order chi connectivity index (χ0) is 10.8. The summed E-state index contributed by atoms with van der Waals surface area (Å²) in [6.45, 7) is 1.04. The van der Waals surface area contributed by atoms with Crippen molar-refractivity contribution in [2.75, 3.05) is 18.9 Å². The zero-order valence-corrected chi connectivity index (χ0v) is 8.07. The Kier molecular flexibility index (Phi) is 2.55. The Hall–Kier alpha value is -1.62. The van der Waals surface area contributed by atoms with E-state index in [1.165, 1.54) is 23.3 Å². The maximum absolute atomic E-state index is 13.1. The number of halogens is 1. The van der Waals surface area contributed by atoms with E-state index in [2.05, 4.69) is 0 Å². The van der Waals surface area contributed by atoms with E-state index in [-0.39, 0.29) is 17.2 Å². The van der Waals surface area contributed by atoms with Crippen molar-refractivity contribution in [3.05, 3.63) is 29.6 Å². The van der Waals surface area contributed by atoms with Gasteiger partial charge in [-0.3, -0.25) is 9.63 Å². The number of benzene rings is 1. The van der Waals surface area contributed by atoms with Crippen LogP contribution in [-0.4, -0.2) is 24.1 Å². The van der Waals surface area contributed by atoms with E-state index in [9.17, 15) is 9.18 Å². The van der Waals surface area contributed by atoms with Crippen molar-refractivity contribution in [1.29, 1.82) is 0 Å². The first-order valence-corrected chi connectivity index (χ1v) is 4.69. The summed E-state index contributed by atoms with van der Waals surface area (Å²) in [6, 6.07) is 4.16. The Bertz CT molecular complexity index is 389. The third-order valence-electron chi connectivity index (χ3n) is 2.26. The fraction of sp³-hybridized carbons (Fsp3) is 0.300. The van der Waals surface area contributed by atoms with Gasteiger partial charge in [-0.05, 0) is 18.6 Å². The molecule has 1 heterocycles. The second kappa shape index (κ2) is 3.86. The van der Waals surface area contributed by atoms with Crippen LogP contribution in [-0.2, 0) is 4.84 Å². The number of nitrogens with zero attached hydrogens (tertiary/aromatic N) is 1. The molecule has 2 N–H and O–H groups in total. The third kappa shape index (κ3) is 1.78. The average molecular weight is 210 g/mol. The minimum Gasteiger partial charge on any atom is -0.396 e. The lowest BCUT2D eigenvalue weighted by Crippen LogP contribution is -2.27. The second-order valence-electron chi connectivity index (χ2n) is 3.30. The highest BCUT2D eigenvalue weighted by Crippen LogP contribution is 2.19. The quantitative estimate of drug-likeness (QED) is 0.708. The van der Waals surface area contributed by atoms with Crippen molar-refractivity contribution in [1.82, 2.24) is 5.06 Å². The van der Waals surface area contributed by atoms with Crippen LogP contribution in [0.3, 0.4) is 0 Å². The molecule has 0 spiro atoms. The van der Waals surface area contributed by atoms with Crippen molar-refractivity contribution in [2.24, 2.45) is 0 Å². The predicted octanol–water partition coefficient (Wildman–Crippen LogP) is 1.19. The van der Waals surface area contributed by atoms with Crippen LogP contribution in [0.2, 0.25) is 0 Å². The first-order valence-electron chi connectivity index (χ1n) is 4.69. The predicted molar refractivity (Wildman–Crippen MR) is 52.4 cm³/mol. The van der Waals surface area contributed by atoms with Gasteiger partial charge in [0, 0.05) is 0 Å². The molecule has 0 aromatic heterocycles. The van der Waals surface area contributed by atoms with Gasteiger partial charge in [0.15, 0.2) is 0 Å². The van der Waals surface area contributed by atoms with Crippen LogP contribution in [0, 0.1) is 5.82 Å². The number of rotatable bonds is 1. The Morgan fingerprint density at radius 3 is 3.00 bits per heavy atom. The van der Waals surface area contributed by atoms with Gasteiger partial charge in [-0.25, -0.2) is 9.45 Å². The monoisotopic (exact) mass is 210 g/mol. The number of hydrogen-bond acceptors (Lipinski definition) is 3. The molecule has 0 atom stereocenters. The second-order valence-corrected chi connectivity index (χ2v) is 3.30. The van der Waals surface area contributed by atoms with E-state index in [0.29, 0.717) is 13.2 Å². The molecule has 1 saturated heterocycles. The highest BCUT2D eigenvalue weighted by molar-refractivity contribution is 5.98. The van der Waals surface area contributed by atoms with Crippen molar-refractivity contribution in [3.8, 4) is 0 Å². The summed E-state index contributed by atoms with van der Waals surface area (Å²) in [5.74, 6) is -0.968. The van der Waals surface area contributed by atoms with Crippen LogP contribution in [0.5, 0.6) is 0 Å². The molecule has 15 heavy (non-hydrogen) atoms. The minimum absolute atomic E-state index is 0.127. The summed E-state index contributed by atoms with van der Waals surface area (Å²) in [6.07, 6.45) is 0.793. The van der Waals surface area contributed by atoms with Crippen LogP contribution >= 0.6 is 0 Å². The molecular formula is C10H11FN2O2.